The molecule has 0 N–H and O–H groups in total. The molecule has 0 aliphatic heterocycles. The van der Waals surface area contributed by atoms with Crippen LogP contribution in [0.15, 0.2) is 0 Å². The molecule has 0 aromatic carbocycles. The van der Waals surface area contributed by atoms with E-state index in [9.17, 15) is 3.89 Å². The van der Waals surface area contributed by atoms with E-state index in [2.05, 4.69) is 0 Å². The number of hydrogen-bond donors (Lipinski definition) is 0. The molecule has 0 spiro atoms. The number of hydrogen-bond acceptors (Lipinski definition) is 1. The maximum atomic E-state index is 12.9. The number of nitriles is 1. The van der Waals surface area contributed by atoms with Crippen LogP contribution in [0.25, 0.3) is 0 Å². The Hall–Kier alpha value is -0.230. The van der Waals surface area contributed by atoms with Crippen LogP contribution in [0.2, 0.25) is 0 Å². The van der Waals surface area contributed by atoms with Gasteiger partial charge in [0.15, 0.2) is 0 Å². The lowest BCUT2D eigenvalue weighted by atomic mass is 10.2. The Balaban J connectivity index is 3.60. The molecule has 3 heteroatoms. The zero-order chi connectivity index (χ0) is 8.20. The molecule has 0 bridgehead atoms. The Morgan fingerprint density at radius 3 is 2.40 bits per heavy atom. The van der Waals surface area contributed by atoms with E-state index in [0.29, 0.717) is 12.2 Å². The van der Waals surface area contributed by atoms with Gasteiger partial charge in [-0.25, -0.2) is 0 Å². The molecule has 60 valence electrons. The monoisotopic (exact) mass is 163 g/mol. The van der Waals surface area contributed by atoms with Gasteiger partial charge in [-0.05, 0) is 18.4 Å². The zero-order valence-electron chi connectivity index (χ0n) is 6.72. The fraction of sp³-hybridized carbons (Fsp3) is 0.857. The highest BCUT2D eigenvalue weighted by Gasteiger charge is 2.13. The van der Waals surface area contributed by atoms with Crippen molar-refractivity contribution < 1.29 is 3.89 Å². The smallest absolute Gasteiger partial charge is 0.0624 e. The molecule has 0 radical (unpaired) electrons. The van der Waals surface area contributed by atoms with Gasteiger partial charge in [0.2, 0.25) is 0 Å². The summed E-state index contributed by atoms with van der Waals surface area (Å²) in [5.74, 6) is 0.764. The van der Waals surface area contributed by atoms with Crippen molar-refractivity contribution >= 4 is 10.4 Å². The van der Waals surface area contributed by atoms with Crippen molar-refractivity contribution in [3.8, 4) is 6.07 Å². The van der Waals surface area contributed by atoms with Gasteiger partial charge in [0.1, 0.15) is 0 Å². The summed E-state index contributed by atoms with van der Waals surface area (Å²) in [7, 11) is -1.90. The molecule has 1 unspecified atom stereocenters. The summed E-state index contributed by atoms with van der Waals surface area (Å²) in [5, 5.41) is 8.27. The molecule has 0 rings (SSSR count). The Morgan fingerprint density at radius 1 is 1.60 bits per heavy atom. The van der Waals surface area contributed by atoms with Crippen molar-refractivity contribution in [3.05, 3.63) is 0 Å². The van der Waals surface area contributed by atoms with E-state index < -0.39 is 10.4 Å². The average molecular weight is 163 g/mol. The zero-order valence-corrected chi connectivity index (χ0v) is 7.54. The minimum atomic E-state index is -1.90. The Bertz CT molecular complexity index is 134. The van der Waals surface area contributed by atoms with Crippen LogP contribution in [0.3, 0.4) is 0 Å². The summed E-state index contributed by atoms with van der Waals surface area (Å²) in [4.78, 5) is 0. The number of rotatable bonds is 3. The SMILES string of the molecule is CC(CC#N)CS(C)(C)F. The topological polar surface area (TPSA) is 23.8 Å². The van der Waals surface area contributed by atoms with Crippen LogP contribution in [0, 0.1) is 17.2 Å². The van der Waals surface area contributed by atoms with Crippen molar-refractivity contribution in [3.63, 3.8) is 0 Å². The molecule has 10 heavy (non-hydrogen) atoms. The van der Waals surface area contributed by atoms with Crippen LogP contribution in [-0.2, 0) is 0 Å². The molecule has 0 aromatic heterocycles. The molecular weight excluding hydrogens is 149 g/mol. The second kappa shape index (κ2) is 3.82. The highest BCUT2D eigenvalue weighted by Crippen LogP contribution is 2.43. The summed E-state index contributed by atoms with van der Waals surface area (Å²) < 4.78 is 12.9. The molecule has 1 atom stereocenters. The molecule has 0 heterocycles. The Labute approximate surface area is 63.8 Å². The first-order chi connectivity index (χ1) is 4.45. The minimum Gasteiger partial charge on any atom is -0.198 e. The largest absolute Gasteiger partial charge is 0.198 e. The predicted octanol–water partition coefficient (Wildman–Crippen LogP) is 2.48. The van der Waals surface area contributed by atoms with Gasteiger partial charge in [-0.2, -0.15) is 9.15 Å². The quantitative estimate of drug-likeness (QED) is 0.627. The van der Waals surface area contributed by atoms with Gasteiger partial charge < -0.3 is 0 Å². The fourth-order valence-corrected chi connectivity index (χ4v) is 2.36. The lowest BCUT2D eigenvalue weighted by Crippen LogP contribution is -2.04. The van der Waals surface area contributed by atoms with Gasteiger partial charge in [-0.15, -0.1) is 0 Å². The third-order valence-corrected chi connectivity index (χ3v) is 2.48. The van der Waals surface area contributed by atoms with E-state index >= 15 is 0 Å². The molecule has 1 nitrogen and oxygen atoms in total. The van der Waals surface area contributed by atoms with E-state index in [1.165, 1.54) is 0 Å². The van der Waals surface area contributed by atoms with E-state index in [0.717, 1.165) is 0 Å². The van der Waals surface area contributed by atoms with Gasteiger partial charge in [0.05, 0.1) is 6.07 Å². The van der Waals surface area contributed by atoms with Gasteiger partial charge in [0, 0.05) is 12.2 Å². The maximum absolute atomic E-state index is 12.9. The van der Waals surface area contributed by atoms with E-state index in [-0.39, 0.29) is 5.92 Å². The second-order valence-electron chi connectivity index (χ2n) is 3.04. The standard InChI is InChI=1S/C7H14FNS/c1-7(4-5-9)6-10(2,3)8/h7H,4,6H2,1-3H3. The first-order valence-electron chi connectivity index (χ1n) is 3.23. The predicted molar refractivity (Wildman–Crippen MR) is 44.8 cm³/mol. The highest BCUT2D eigenvalue weighted by atomic mass is 32.3. The van der Waals surface area contributed by atoms with Crippen molar-refractivity contribution in [1.82, 2.24) is 0 Å². The van der Waals surface area contributed by atoms with Gasteiger partial charge in [-0.1, -0.05) is 17.3 Å². The first-order valence-corrected chi connectivity index (χ1v) is 5.75. The molecule has 0 saturated carbocycles. The molecule has 0 aromatic rings. The van der Waals surface area contributed by atoms with Crippen LogP contribution in [0.5, 0.6) is 0 Å². The fourth-order valence-electron chi connectivity index (χ4n) is 0.891. The summed E-state index contributed by atoms with van der Waals surface area (Å²) in [5.41, 5.74) is 0. The minimum absolute atomic E-state index is 0.208. The van der Waals surface area contributed by atoms with Gasteiger partial charge >= 0.3 is 0 Å². The summed E-state index contributed by atoms with van der Waals surface area (Å²) in [6.07, 6.45) is 3.72. The second-order valence-corrected chi connectivity index (χ2v) is 6.18. The summed E-state index contributed by atoms with van der Waals surface area (Å²) >= 11 is 0. The van der Waals surface area contributed by atoms with Crippen molar-refractivity contribution in [2.24, 2.45) is 5.92 Å². The van der Waals surface area contributed by atoms with Crippen LogP contribution in [0.4, 0.5) is 3.89 Å². The van der Waals surface area contributed by atoms with Crippen LogP contribution < -0.4 is 0 Å². The highest BCUT2D eigenvalue weighted by molar-refractivity contribution is 8.28. The molecule has 0 aliphatic rings. The number of halogens is 1. The Kier molecular flexibility index (Phi) is 3.73. The normalized spacial score (nSPS) is 15.9. The maximum Gasteiger partial charge on any atom is 0.0624 e. The lowest BCUT2D eigenvalue weighted by molar-refractivity contribution is 0.668. The van der Waals surface area contributed by atoms with Crippen molar-refractivity contribution in [2.45, 2.75) is 13.3 Å². The summed E-state index contributed by atoms with van der Waals surface area (Å²) in [6, 6.07) is 2.04. The summed E-state index contributed by atoms with van der Waals surface area (Å²) in [6.45, 7) is 1.91. The average Bonchev–Trinajstić information content (AvgIpc) is 1.59. The van der Waals surface area contributed by atoms with Crippen molar-refractivity contribution in [1.29, 1.82) is 5.26 Å². The third kappa shape index (κ3) is 5.90. The van der Waals surface area contributed by atoms with Crippen LogP contribution >= 0.6 is 10.4 Å². The molecule has 0 fully saturated rings. The van der Waals surface area contributed by atoms with Crippen LogP contribution in [0.1, 0.15) is 13.3 Å². The molecule has 0 aliphatic carbocycles. The van der Waals surface area contributed by atoms with Gasteiger partial charge in [0.25, 0.3) is 0 Å². The lowest BCUT2D eigenvalue weighted by Gasteiger charge is -2.22. The van der Waals surface area contributed by atoms with Crippen molar-refractivity contribution in [2.75, 3.05) is 18.3 Å². The molecular formula is C7H14FNS. The van der Waals surface area contributed by atoms with E-state index in [1.54, 1.807) is 12.5 Å². The molecule has 0 amide bonds. The van der Waals surface area contributed by atoms with E-state index in [1.807, 2.05) is 13.0 Å². The van der Waals surface area contributed by atoms with E-state index in [4.69, 9.17) is 5.26 Å². The Morgan fingerprint density at radius 2 is 2.10 bits per heavy atom. The number of nitrogens with zero attached hydrogens (tertiary/aromatic N) is 1. The van der Waals surface area contributed by atoms with Crippen LogP contribution in [-0.4, -0.2) is 18.3 Å². The van der Waals surface area contributed by atoms with Gasteiger partial charge in [-0.3, -0.25) is 0 Å². The molecule has 0 saturated heterocycles. The third-order valence-electron chi connectivity index (χ3n) is 1.12. The first kappa shape index (κ1) is 9.77.